The van der Waals surface area contributed by atoms with E-state index < -0.39 is 0 Å². The van der Waals surface area contributed by atoms with Crippen LogP contribution in [0.2, 0.25) is 0 Å². The highest BCUT2D eigenvalue weighted by molar-refractivity contribution is 7.13. The van der Waals surface area contributed by atoms with Crippen LogP contribution < -0.4 is 10.6 Å². The normalized spacial score (nSPS) is 10.6. The molecule has 0 aliphatic carbocycles. The van der Waals surface area contributed by atoms with Crippen LogP contribution in [0.15, 0.2) is 40.1 Å². The number of rotatable bonds is 5. The Morgan fingerprint density at radius 3 is 2.69 bits per heavy atom. The molecule has 0 spiro atoms. The van der Waals surface area contributed by atoms with Gasteiger partial charge < -0.3 is 15.1 Å². The molecule has 3 rings (SSSR count). The van der Waals surface area contributed by atoms with Gasteiger partial charge in [0.1, 0.15) is 5.76 Å². The number of amides is 2. The van der Waals surface area contributed by atoms with Crippen molar-refractivity contribution in [3.63, 3.8) is 0 Å². The number of oxazole rings is 1. The number of anilines is 2. The predicted molar refractivity (Wildman–Crippen MR) is 102 cm³/mol. The number of hydrogen-bond acceptors (Lipinski definition) is 5. The first-order valence-corrected chi connectivity index (χ1v) is 8.98. The summed E-state index contributed by atoms with van der Waals surface area (Å²) in [6.07, 6.45) is 0.116. The first kappa shape index (κ1) is 17.9. The third kappa shape index (κ3) is 4.18. The molecule has 1 aromatic carbocycles. The maximum Gasteiger partial charge on any atom is 0.236 e. The Labute approximate surface area is 155 Å². The zero-order chi connectivity index (χ0) is 18.7. The second-order valence-electron chi connectivity index (χ2n) is 5.94. The summed E-state index contributed by atoms with van der Waals surface area (Å²) in [7, 11) is 0. The Balaban J connectivity index is 1.72. The van der Waals surface area contributed by atoms with Crippen LogP contribution in [0.5, 0.6) is 0 Å². The molecule has 0 radical (unpaired) electrons. The molecule has 6 nitrogen and oxygen atoms in total. The summed E-state index contributed by atoms with van der Waals surface area (Å²) >= 11 is 1.54. The van der Waals surface area contributed by atoms with Gasteiger partial charge in [-0.1, -0.05) is 12.1 Å². The molecule has 0 aliphatic rings. The van der Waals surface area contributed by atoms with E-state index in [9.17, 15) is 9.59 Å². The number of aryl methyl sites for hydroxylation is 2. The number of nitrogens with zero attached hydrogens (tertiary/aromatic N) is 1. The van der Waals surface area contributed by atoms with Crippen molar-refractivity contribution in [3.8, 4) is 10.8 Å². The van der Waals surface area contributed by atoms with Gasteiger partial charge in [0, 0.05) is 18.3 Å². The Morgan fingerprint density at radius 2 is 2.00 bits per heavy atom. The van der Waals surface area contributed by atoms with Gasteiger partial charge in [-0.2, -0.15) is 0 Å². The fraction of sp³-hybridized carbons (Fsp3) is 0.211. The van der Waals surface area contributed by atoms with E-state index in [1.54, 1.807) is 19.1 Å². The molecule has 134 valence electrons. The summed E-state index contributed by atoms with van der Waals surface area (Å²) in [5, 5.41) is 7.53. The summed E-state index contributed by atoms with van der Waals surface area (Å²) in [6, 6.07) is 9.23. The molecule has 0 unspecified atom stereocenters. The van der Waals surface area contributed by atoms with Crippen LogP contribution in [0.25, 0.3) is 10.8 Å². The second kappa shape index (κ2) is 7.53. The number of carbonyl (C=O) groups is 2. The molecule has 0 fully saturated rings. The van der Waals surface area contributed by atoms with Gasteiger partial charge in [-0.25, -0.2) is 4.98 Å². The topological polar surface area (TPSA) is 84.2 Å². The van der Waals surface area contributed by atoms with Crippen LogP contribution in [-0.4, -0.2) is 16.8 Å². The van der Waals surface area contributed by atoms with Crippen molar-refractivity contribution >= 4 is 34.5 Å². The van der Waals surface area contributed by atoms with Crippen molar-refractivity contribution in [1.82, 2.24) is 4.98 Å². The van der Waals surface area contributed by atoms with Crippen molar-refractivity contribution in [2.75, 3.05) is 10.6 Å². The Bertz CT molecular complexity index is 945. The van der Waals surface area contributed by atoms with E-state index in [1.165, 1.54) is 18.3 Å². The van der Waals surface area contributed by atoms with Crippen LogP contribution >= 0.6 is 11.3 Å². The van der Waals surface area contributed by atoms with Crippen molar-refractivity contribution < 1.29 is 14.0 Å². The van der Waals surface area contributed by atoms with Crippen molar-refractivity contribution in [2.24, 2.45) is 0 Å². The number of nitrogens with one attached hydrogen (secondary N) is 2. The minimum absolute atomic E-state index is 0.116. The van der Waals surface area contributed by atoms with E-state index in [0.717, 1.165) is 10.4 Å². The molecule has 2 N–H and O–H groups in total. The SMILES string of the molecule is CC(=O)Nc1ccc(C)c(NC(=O)Cc2nc(-c3cccs3)oc2C)c1. The molecular formula is C19H19N3O3S. The number of thiophene rings is 1. The maximum atomic E-state index is 12.4. The molecule has 7 heteroatoms. The zero-order valence-corrected chi connectivity index (χ0v) is 15.6. The highest BCUT2D eigenvalue weighted by Gasteiger charge is 2.16. The summed E-state index contributed by atoms with van der Waals surface area (Å²) in [6.45, 7) is 5.13. The monoisotopic (exact) mass is 369 g/mol. The van der Waals surface area contributed by atoms with Crippen LogP contribution in [0.3, 0.4) is 0 Å². The van der Waals surface area contributed by atoms with Crippen molar-refractivity contribution in [3.05, 3.63) is 52.7 Å². The van der Waals surface area contributed by atoms with Gasteiger partial charge in [0.2, 0.25) is 17.7 Å². The van der Waals surface area contributed by atoms with Crippen LogP contribution in [0, 0.1) is 13.8 Å². The van der Waals surface area contributed by atoms with Gasteiger partial charge >= 0.3 is 0 Å². The molecule has 3 aromatic rings. The van der Waals surface area contributed by atoms with E-state index >= 15 is 0 Å². The largest absolute Gasteiger partial charge is 0.440 e. The maximum absolute atomic E-state index is 12.4. The lowest BCUT2D eigenvalue weighted by molar-refractivity contribution is -0.116. The predicted octanol–water partition coefficient (Wildman–Crippen LogP) is 4.16. The number of carbonyl (C=O) groups excluding carboxylic acids is 2. The first-order valence-electron chi connectivity index (χ1n) is 8.10. The lowest BCUT2D eigenvalue weighted by Crippen LogP contribution is -2.16. The lowest BCUT2D eigenvalue weighted by atomic mass is 10.1. The van der Waals surface area contributed by atoms with Gasteiger partial charge in [0.25, 0.3) is 0 Å². The summed E-state index contributed by atoms with van der Waals surface area (Å²) in [5.74, 6) is 0.809. The third-order valence-electron chi connectivity index (χ3n) is 3.78. The number of benzene rings is 1. The molecule has 0 aliphatic heterocycles. The molecular weight excluding hydrogens is 350 g/mol. The molecule has 2 amide bonds. The molecule has 0 saturated carbocycles. The Morgan fingerprint density at radius 1 is 1.19 bits per heavy atom. The minimum Gasteiger partial charge on any atom is -0.440 e. The average molecular weight is 369 g/mol. The van der Waals surface area contributed by atoms with Gasteiger partial charge in [0.05, 0.1) is 17.0 Å². The Kier molecular flexibility index (Phi) is 5.18. The fourth-order valence-electron chi connectivity index (χ4n) is 2.48. The molecule has 0 saturated heterocycles. The van der Waals surface area contributed by atoms with Crippen LogP contribution in [0.1, 0.15) is 23.9 Å². The summed E-state index contributed by atoms with van der Waals surface area (Å²) in [4.78, 5) is 29.0. The Hall–Kier alpha value is -2.93. The zero-order valence-electron chi connectivity index (χ0n) is 14.8. The lowest BCUT2D eigenvalue weighted by Gasteiger charge is -2.10. The number of hydrogen-bond donors (Lipinski definition) is 2. The molecule has 26 heavy (non-hydrogen) atoms. The van der Waals surface area contributed by atoms with Gasteiger partial charge in [0.15, 0.2) is 0 Å². The average Bonchev–Trinajstić information content (AvgIpc) is 3.20. The van der Waals surface area contributed by atoms with Gasteiger partial charge in [-0.3, -0.25) is 9.59 Å². The van der Waals surface area contributed by atoms with Crippen LogP contribution in [0.4, 0.5) is 11.4 Å². The summed E-state index contributed by atoms with van der Waals surface area (Å²) in [5.41, 5.74) is 2.81. The highest BCUT2D eigenvalue weighted by Crippen LogP contribution is 2.26. The summed E-state index contributed by atoms with van der Waals surface area (Å²) < 4.78 is 5.67. The van der Waals surface area contributed by atoms with E-state index in [4.69, 9.17) is 4.42 Å². The molecule has 2 aromatic heterocycles. The third-order valence-corrected chi connectivity index (χ3v) is 4.64. The highest BCUT2D eigenvalue weighted by atomic mass is 32.1. The minimum atomic E-state index is -0.192. The van der Waals surface area contributed by atoms with Gasteiger partial charge in [-0.05, 0) is 43.0 Å². The van der Waals surface area contributed by atoms with E-state index in [-0.39, 0.29) is 18.2 Å². The fourth-order valence-corrected chi connectivity index (χ4v) is 3.13. The first-order chi connectivity index (χ1) is 12.4. The van der Waals surface area contributed by atoms with E-state index in [0.29, 0.717) is 28.7 Å². The molecule has 2 heterocycles. The van der Waals surface area contributed by atoms with Crippen molar-refractivity contribution in [1.29, 1.82) is 0 Å². The van der Waals surface area contributed by atoms with Crippen LogP contribution in [-0.2, 0) is 16.0 Å². The van der Waals surface area contributed by atoms with E-state index in [2.05, 4.69) is 15.6 Å². The quantitative estimate of drug-likeness (QED) is 0.707. The molecule has 0 atom stereocenters. The standard InChI is InChI=1S/C19H19N3O3S/c1-11-6-7-14(20-13(3)23)9-15(11)21-18(24)10-16-12(2)25-19(22-16)17-5-4-8-26-17/h4-9H,10H2,1-3H3,(H,20,23)(H,21,24). The van der Waals surface area contributed by atoms with Gasteiger partial charge in [-0.15, -0.1) is 11.3 Å². The number of aromatic nitrogens is 1. The van der Waals surface area contributed by atoms with E-state index in [1.807, 2.05) is 30.5 Å². The van der Waals surface area contributed by atoms with Crippen molar-refractivity contribution in [2.45, 2.75) is 27.2 Å². The molecule has 0 bridgehead atoms. The second-order valence-corrected chi connectivity index (χ2v) is 6.88. The smallest absolute Gasteiger partial charge is 0.236 e.